The van der Waals surface area contributed by atoms with Crippen LogP contribution < -0.4 is 29.3 Å². The van der Waals surface area contributed by atoms with Crippen molar-refractivity contribution in [3.63, 3.8) is 0 Å². The number of aromatic amines is 5. The molecule has 17 aromatic carbocycles. The maximum atomic E-state index is 13.4. The van der Waals surface area contributed by atoms with Gasteiger partial charge in [-0.15, -0.1) is 0 Å². The van der Waals surface area contributed by atoms with Crippen LogP contribution in [0.1, 0.15) is 40.7 Å². The van der Waals surface area contributed by atoms with Crippen LogP contribution in [0.2, 0.25) is 0 Å². The van der Waals surface area contributed by atoms with Crippen molar-refractivity contribution in [1.82, 2.24) is 60.8 Å². The SMILES string of the molecule is COc1cccc(OCc2ccc3[nH]nc(-c4ccc5ccccc5c4)c3c2)c1.COc1ccccc1N1CCN(Cc2ccc3[nH]nc(-c4ccc5ccccc5c4)c3c2)CC1.O=C(Nc1ccc2[nH]nc(-c3cc4cc(F)ccc4o3)c2c1)C1CC1.c1ccc2c(c1)CCN2Cc1ccc2[nH]nc(-c3ccc4ccccc4c3)c2c1.c1ccc2cc(-c3n[nH]c4ccc(CN5CCOCC5)cc34)ccc2c1. The molecule has 4 aliphatic rings. The maximum Gasteiger partial charge on any atom is 0.227 e. The Kier molecular flexibility index (Phi) is 25.4. The highest BCUT2D eigenvalue weighted by molar-refractivity contribution is 6.03. The number of morpholine rings is 1. The lowest BCUT2D eigenvalue weighted by Crippen LogP contribution is -2.46. The molecular formula is C121H104FN15O6. The number of hydrogen-bond donors (Lipinski definition) is 6. The molecule has 1 aliphatic carbocycles. The molecule has 0 radical (unpaired) electrons. The van der Waals surface area contributed by atoms with Crippen molar-refractivity contribution in [3.05, 3.63) is 392 Å². The summed E-state index contributed by atoms with van der Waals surface area (Å²) >= 11 is 0. The minimum atomic E-state index is -0.309. The third kappa shape index (κ3) is 19.8. The average Bonchev–Trinajstić information content (AvgIpc) is 1.65. The number of amides is 1. The Morgan fingerprint density at radius 3 is 1.32 bits per heavy atom. The van der Waals surface area contributed by atoms with Crippen molar-refractivity contribution in [2.45, 2.75) is 45.5 Å². The van der Waals surface area contributed by atoms with Crippen LogP contribution in [0.25, 0.3) is 165 Å². The molecule has 143 heavy (non-hydrogen) atoms. The summed E-state index contributed by atoms with van der Waals surface area (Å²) in [5.41, 5.74) is 24.7. The van der Waals surface area contributed by atoms with E-state index in [2.05, 4.69) is 355 Å². The van der Waals surface area contributed by atoms with E-state index in [-0.39, 0.29) is 17.6 Å². The van der Waals surface area contributed by atoms with Gasteiger partial charge in [0.25, 0.3) is 0 Å². The third-order valence-corrected chi connectivity index (χ3v) is 27.6. The molecule has 3 aliphatic heterocycles. The minimum absolute atomic E-state index is 0.0589. The van der Waals surface area contributed by atoms with Crippen LogP contribution in [0.5, 0.6) is 17.2 Å². The molecule has 706 valence electrons. The standard InChI is InChI=1S/C29H28N4O.C26H21N3.C25H20N2O2.C22H21N3O.C19H14FN3O2/c1-34-28-9-5-4-8-27(28)33-16-14-32(15-17-33)20-21-10-13-26-25(18-21)29(31-30-26)24-12-11-22-6-2-3-7-23(22)19-24;1-2-7-21-16-22(11-10-19(21)5-1)26-23-15-18(9-12-24(23)27-28-26)17-29-14-13-20-6-3-4-8-25(20)29;1-28-21-7-4-8-22(15-21)29-16-17-9-12-24-23(13-17)25(27-26-24)20-11-10-18-5-2-3-6-19(18)14-20;1-2-4-18-14-19(7-6-17(18)3-1)22-20-13-16(5-8-21(20)23-24-22)15-25-9-11-26-12-10-25;20-12-3-6-16-11(7-12)8-17(25-16)18-14-9-13(4-5-15(14)22-23-18)21-19(24)10-1-2-10/h2-13,18-19H,14-17,20H2,1H3,(H,30,31);1-12,15-16H,13-14,17H2,(H,27,28);2-15H,16H2,1H3,(H,26,27);1-8,13-14H,9-12,15H2,(H,23,24);3-10H,1-2H2,(H,21,24)(H,22,23). The molecule has 21 nitrogen and oxygen atoms in total. The first-order valence-electron chi connectivity index (χ1n) is 48.8. The fraction of sp³-hybridized carbons (Fsp3) is 0.157. The van der Waals surface area contributed by atoms with Gasteiger partial charge in [-0.1, -0.05) is 206 Å². The Balaban J connectivity index is 0.0000000995. The van der Waals surface area contributed by atoms with Gasteiger partial charge in [-0.25, -0.2) is 4.39 Å². The number of anilines is 3. The van der Waals surface area contributed by atoms with Crippen LogP contribution in [0.3, 0.4) is 0 Å². The van der Waals surface area contributed by atoms with Gasteiger partial charge < -0.3 is 38.5 Å². The number of ether oxygens (including phenoxy) is 4. The monoisotopic (exact) mass is 1880 g/mol. The maximum absolute atomic E-state index is 13.4. The number of hydrogen-bond acceptors (Lipinski definition) is 15. The Morgan fingerprint density at radius 1 is 0.371 bits per heavy atom. The Hall–Kier alpha value is -17.1. The minimum Gasteiger partial charge on any atom is -0.497 e. The number of rotatable bonds is 19. The molecule has 22 heteroatoms. The second-order valence-corrected chi connectivity index (χ2v) is 37.0. The van der Waals surface area contributed by atoms with Gasteiger partial charge in [0, 0.05) is 143 Å². The Labute approximate surface area is 824 Å². The summed E-state index contributed by atoms with van der Waals surface area (Å²) in [4.78, 5) is 21.8. The molecule has 9 heterocycles. The molecule has 6 aromatic heterocycles. The van der Waals surface area contributed by atoms with Crippen molar-refractivity contribution in [2.24, 2.45) is 5.92 Å². The summed E-state index contributed by atoms with van der Waals surface area (Å²) in [5.74, 6) is 2.96. The van der Waals surface area contributed by atoms with Crippen molar-refractivity contribution in [2.75, 3.05) is 88.4 Å². The fourth-order valence-electron chi connectivity index (χ4n) is 19.8. The van der Waals surface area contributed by atoms with Crippen LogP contribution in [0.4, 0.5) is 21.5 Å². The van der Waals surface area contributed by atoms with E-state index in [4.69, 9.17) is 23.4 Å². The Bertz CT molecular complexity index is 8590. The molecule has 27 rings (SSSR count). The molecule has 1 amide bonds. The quantitative estimate of drug-likeness (QED) is 0.0442. The van der Waals surface area contributed by atoms with Gasteiger partial charge in [-0.2, -0.15) is 25.5 Å². The van der Waals surface area contributed by atoms with Crippen molar-refractivity contribution >= 4 is 132 Å². The van der Waals surface area contributed by atoms with E-state index in [1.165, 1.54) is 105 Å². The fourth-order valence-corrected chi connectivity index (χ4v) is 19.8. The molecule has 0 bridgehead atoms. The lowest BCUT2D eigenvalue weighted by atomic mass is 10.0. The number of halogens is 1. The number of fused-ring (bicyclic) bond motifs is 11. The number of nitrogens with one attached hydrogen (secondary N) is 6. The average molecular weight is 1880 g/mol. The predicted molar refractivity (Wildman–Crippen MR) is 574 cm³/mol. The van der Waals surface area contributed by atoms with Crippen LogP contribution >= 0.6 is 0 Å². The molecule has 0 spiro atoms. The normalized spacial score (nSPS) is 13.8. The summed E-state index contributed by atoms with van der Waals surface area (Å²) in [6, 6.07) is 123. The lowest BCUT2D eigenvalue weighted by molar-refractivity contribution is -0.117. The summed E-state index contributed by atoms with van der Waals surface area (Å²) in [6.07, 6.45) is 3.05. The first-order valence-corrected chi connectivity index (χ1v) is 48.8. The second kappa shape index (κ2) is 40.4. The van der Waals surface area contributed by atoms with Crippen LogP contribution in [0, 0.1) is 11.7 Å². The number of methoxy groups -OCH3 is 2. The summed E-state index contributed by atoms with van der Waals surface area (Å²) in [6.45, 7) is 12.1. The summed E-state index contributed by atoms with van der Waals surface area (Å²) < 4.78 is 41.4. The van der Waals surface area contributed by atoms with Crippen LogP contribution in [0.15, 0.2) is 362 Å². The van der Waals surface area contributed by atoms with Gasteiger partial charge in [0.1, 0.15) is 40.9 Å². The molecule has 3 fully saturated rings. The summed E-state index contributed by atoms with van der Waals surface area (Å²) in [7, 11) is 3.40. The predicted octanol–water partition coefficient (Wildman–Crippen LogP) is 26.3. The number of benzene rings is 17. The van der Waals surface area contributed by atoms with E-state index in [1.807, 2.05) is 54.6 Å². The van der Waals surface area contributed by atoms with E-state index < -0.39 is 0 Å². The summed E-state index contributed by atoms with van der Waals surface area (Å²) in [5, 5.41) is 57.5. The number of aromatic nitrogens is 10. The van der Waals surface area contributed by atoms with Crippen molar-refractivity contribution in [1.29, 1.82) is 0 Å². The highest BCUT2D eigenvalue weighted by atomic mass is 19.1. The number of furan rings is 1. The van der Waals surface area contributed by atoms with E-state index >= 15 is 0 Å². The second-order valence-electron chi connectivity index (χ2n) is 37.0. The van der Waals surface area contributed by atoms with Gasteiger partial charge in [-0.05, 0) is 236 Å². The first kappa shape index (κ1) is 89.8. The topological polar surface area (TPSA) is 236 Å². The highest BCUT2D eigenvalue weighted by Gasteiger charge is 2.31. The van der Waals surface area contributed by atoms with Gasteiger partial charge in [0.15, 0.2) is 5.76 Å². The van der Waals surface area contributed by atoms with Crippen molar-refractivity contribution in [3.8, 4) is 73.7 Å². The zero-order chi connectivity index (χ0) is 96.1. The number of nitrogens with zero attached hydrogens (tertiary/aromatic N) is 9. The molecular weight excluding hydrogens is 1780 g/mol. The number of carbonyl (C=O) groups excluding carboxylic acids is 1. The molecule has 6 N–H and O–H groups in total. The number of piperazine rings is 1. The molecule has 0 atom stereocenters. The largest absolute Gasteiger partial charge is 0.497 e. The van der Waals surface area contributed by atoms with Gasteiger partial charge in [0.05, 0.1) is 83.5 Å². The van der Waals surface area contributed by atoms with Crippen molar-refractivity contribution < 1.29 is 32.5 Å². The van der Waals surface area contributed by atoms with E-state index in [0.29, 0.717) is 29.0 Å². The third-order valence-electron chi connectivity index (χ3n) is 27.6. The zero-order valence-electron chi connectivity index (χ0n) is 79.3. The van der Waals surface area contributed by atoms with E-state index in [9.17, 15) is 9.18 Å². The number of para-hydroxylation sites is 3. The molecule has 0 unspecified atom stereocenters. The molecule has 23 aromatic rings. The van der Waals surface area contributed by atoms with Gasteiger partial charge in [-0.3, -0.25) is 40.1 Å². The highest BCUT2D eigenvalue weighted by Crippen LogP contribution is 2.41. The zero-order valence-corrected chi connectivity index (χ0v) is 79.3. The van der Waals surface area contributed by atoms with Crippen LogP contribution in [-0.2, 0) is 42.2 Å². The Morgan fingerprint density at radius 2 is 0.811 bits per heavy atom. The lowest BCUT2D eigenvalue weighted by Gasteiger charge is -2.36. The number of carbonyl (C=O) groups is 1. The van der Waals surface area contributed by atoms with Gasteiger partial charge >= 0.3 is 0 Å². The van der Waals surface area contributed by atoms with Crippen LogP contribution in [-0.4, -0.2) is 140 Å². The van der Waals surface area contributed by atoms with E-state index in [0.717, 1.165) is 210 Å². The smallest absolute Gasteiger partial charge is 0.227 e. The molecule has 1 saturated carbocycles. The molecule has 2 saturated heterocycles. The van der Waals surface area contributed by atoms with E-state index in [1.54, 1.807) is 26.4 Å². The first-order chi connectivity index (χ1) is 70.5. The number of H-pyrrole nitrogens is 5. The van der Waals surface area contributed by atoms with Gasteiger partial charge in [0.2, 0.25) is 5.91 Å².